The predicted octanol–water partition coefficient (Wildman–Crippen LogP) is 1.42. The van der Waals surface area contributed by atoms with E-state index in [0.717, 1.165) is 18.9 Å². The third-order valence-electron chi connectivity index (χ3n) is 4.60. The van der Waals surface area contributed by atoms with E-state index in [1.807, 2.05) is 40.7 Å². The van der Waals surface area contributed by atoms with Crippen molar-refractivity contribution >= 4 is 17.7 Å². The Morgan fingerprint density at radius 3 is 3.00 bits per heavy atom. The van der Waals surface area contributed by atoms with E-state index < -0.39 is 0 Å². The van der Waals surface area contributed by atoms with Crippen LogP contribution >= 0.6 is 11.8 Å². The maximum absolute atomic E-state index is 12.3. The highest BCUT2D eigenvalue weighted by molar-refractivity contribution is 7.99. The fraction of sp³-hybridized carbons (Fsp3) is 0.733. The summed E-state index contributed by atoms with van der Waals surface area (Å²) in [4.78, 5) is 18.8. The molecule has 0 aliphatic carbocycles. The van der Waals surface area contributed by atoms with Crippen molar-refractivity contribution in [3.63, 3.8) is 0 Å². The first-order chi connectivity index (χ1) is 10.2. The fourth-order valence-corrected chi connectivity index (χ4v) is 4.63. The monoisotopic (exact) mass is 308 g/mol. The van der Waals surface area contributed by atoms with E-state index in [1.54, 1.807) is 0 Å². The van der Waals surface area contributed by atoms with Crippen LogP contribution in [0.4, 0.5) is 0 Å². The van der Waals surface area contributed by atoms with Gasteiger partial charge in [0.2, 0.25) is 5.91 Å². The van der Waals surface area contributed by atoms with E-state index in [9.17, 15) is 4.79 Å². The van der Waals surface area contributed by atoms with Gasteiger partial charge in [-0.25, -0.2) is 4.98 Å². The van der Waals surface area contributed by atoms with E-state index >= 15 is 0 Å². The topological polar surface area (TPSA) is 50.2 Å². The van der Waals surface area contributed by atoms with Gasteiger partial charge in [0.15, 0.2) is 0 Å². The van der Waals surface area contributed by atoms with Crippen molar-refractivity contribution < 1.29 is 4.79 Å². The molecule has 1 aromatic heterocycles. The number of carbonyl (C=O) groups excluding carboxylic acids is 1. The first kappa shape index (κ1) is 14.9. The smallest absolute Gasteiger partial charge is 0.223 e. The quantitative estimate of drug-likeness (QED) is 0.894. The largest absolute Gasteiger partial charge is 0.336 e. The van der Waals surface area contributed by atoms with Gasteiger partial charge in [0.1, 0.15) is 5.82 Å². The molecular formula is C15H24N4OS. The summed E-state index contributed by atoms with van der Waals surface area (Å²) in [6, 6.07) is 0.729. The van der Waals surface area contributed by atoms with Crippen molar-refractivity contribution in [3.8, 4) is 0 Å². The highest BCUT2D eigenvalue weighted by Crippen LogP contribution is 2.36. The average molecular weight is 308 g/mol. The lowest BCUT2D eigenvalue weighted by Gasteiger charge is -2.27. The highest BCUT2D eigenvalue weighted by Gasteiger charge is 2.41. The fourth-order valence-electron chi connectivity index (χ4n) is 3.45. The molecule has 3 heterocycles. The van der Waals surface area contributed by atoms with Crippen molar-refractivity contribution in [2.45, 2.75) is 31.8 Å². The van der Waals surface area contributed by atoms with Crippen LogP contribution in [0, 0.1) is 5.92 Å². The van der Waals surface area contributed by atoms with Crippen LogP contribution in [0.2, 0.25) is 0 Å². The number of amides is 1. The summed E-state index contributed by atoms with van der Waals surface area (Å²) in [5, 5.41) is 3.66. The molecule has 0 bridgehead atoms. The summed E-state index contributed by atoms with van der Waals surface area (Å²) < 4.78 is 2.05. The molecule has 2 aliphatic heterocycles. The Labute approximate surface area is 130 Å². The lowest BCUT2D eigenvalue weighted by atomic mass is 9.99. The van der Waals surface area contributed by atoms with Gasteiger partial charge >= 0.3 is 0 Å². The molecule has 116 valence electrons. The molecule has 3 atom stereocenters. The standard InChI is InChI=1S/C15H24N4OS/c1-3-19-13(20)8-11(9-17-12-4-7-21-10-12)14(19)15-16-5-6-18(15)2/h5-6,11-12,14,17H,3-4,7-10H2,1-2H3/t11-,12?,14+/m0/s1. The maximum atomic E-state index is 12.3. The van der Waals surface area contributed by atoms with Gasteiger partial charge in [-0.3, -0.25) is 4.79 Å². The summed E-state index contributed by atoms with van der Waals surface area (Å²) in [6.45, 7) is 3.72. The number of hydrogen-bond acceptors (Lipinski definition) is 4. The minimum atomic E-state index is 0.115. The van der Waals surface area contributed by atoms with Crippen LogP contribution < -0.4 is 5.32 Å². The second kappa shape index (κ2) is 6.40. The molecule has 0 radical (unpaired) electrons. The molecule has 0 saturated carbocycles. The molecule has 1 aromatic rings. The zero-order valence-corrected chi connectivity index (χ0v) is 13.6. The lowest BCUT2D eigenvalue weighted by Crippen LogP contribution is -2.36. The number of nitrogens with zero attached hydrogens (tertiary/aromatic N) is 3. The first-order valence-corrected chi connectivity index (χ1v) is 8.94. The normalized spacial score (nSPS) is 29.5. The van der Waals surface area contributed by atoms with Crippen LogP contribution in [-0.2, 0) is 11.8 Å². The third-order valence-corrected chi connectivity index (χ3v) is 5.76. The van der Waals surface area contributed by atoms with Crippen molar-refractivity contribution in [2.24, 2.45) is 13.0 Å². The van der Waals surface area contributed by atoms with Crippen molar-refractivity contribution in [1.29, 1.82) is 0 Å². The summed E-state index contributed by atoms with van der Waals surface area (Å²) in [6.07, 6.45) is 5.67. The summed E-state index contributed by atoms with van der Waals surface area (Å²) in [7, 11) is 2.01. The molecule has 1 unspecified atom stereocenters. The second-order valence-electron chi connectivity index (χ2n) is 5.95. The van der Waals surface area contributed by atoms with E-state index in [-0.39, 0.29) is 11.9 Å². The molecule has 2 saturated heterocycles. The number of thioether (sulfide) groups is 1. The molecular weight excluding hydrogens is 284 g/mol. The Morgan fingerprint density at radius 1 is 1.52 bits per heavy atom. The third kappa shape index (κ3) is 2.97. The van der Waals surface area contributed by atoms with Crippen LogP contribution in [0.25, 0.3) is 0 Å². The van der Waals surface area contributed by atoms with Crippen LogP contribution in [0.3, 0.4) is 0 Å². The van der Waals surface area contributed by atoms with Gasteiger partial charge in [0, 0.05) is 56.7 Å². The molecule has 0 aromatic carbocycles. The van der Waals surface area contributed by atoms with Crippen molar-refractivity contribution in [2.75, 3.05) is 24.6 Å². The van der Waals surface area contributed by atoms with E-state index in [1.165, 1.54) is 17.9 Å². The maximum Gasteiger partial charge on any atom is 0.223 e. The van der Waals surface area contributed by atoms with Crippen LogP contribution in [0.1, 0.15) is 31.6 Å². The van der Waals surface area contributed by atoms with Gasteiger partial charge in [-0.05, 0) is 19.1 Å². The Hall–Kier alpha value is -1.01. The molecule has 2 aliphatic rings. The van der Waals surface area contributed by atoms with Gasteiger partial charge in [-0.2, -0.15) is 11.8 Å². The molecule has 3 rings (SSSR count). The van der Waals surface area contributed by atoms with Crippen LogP contribution in [-0.4, -0.2) is 51.0 Å². The highest BCUT2D eigenvalue weighted by atomic mass is 32.2. The van der Waals surface area contributed by atoms with Crippen molar-refractivity contribution in [3.05, 3.63) is 18.2 Å². The number of hydrogen-bond donors (Lipinski definition) is 1. The number of rotatable bonds is 5. The Bertz CT molecular complexity index is 498. The van der Waals surface area contributed by atoms with Gasteiger partial charge < -0.3 is 14.8 Å². The van der Waals surface area contributed by atoms with Crippen LogP contribution in [0.5, 0.6) is 0 Å². The predicted molar refractivity (Wildman–Crippen MR) is 85.2 cm³/mol. The number of likely N-dealkylation sites (tertiary alicyclic amines) is 1. The zero-order chi connectivity index (χ0) is 14.8. The molecule has 6 heteroatoms. The number of aromatic nitrogens is 2. The van der Waals surface area contributed by atoms with Gasteiger partial charge in [-0.1, -0.05) is 0 Å². The number of imidazole rings is 1. The Balaban J connectivity index is 1.74. The van der Waals surface area contributed by atoms with Crippen LogP contribution in [0.15, 0.2) is 12.4 Å². The molecule has 1 amide bonds. The van der Waals surface area contributed by atoms with E-state index in [4.69, 9.17) is 0 Å². The summed E-state index contributed by atoms with van der Waals surface area (Å²) >= 11 is 2.01. The van der Waals surface area contributed by atoms with E-state index in [2.05, 4.69) is 17.2 Å². The summed E-state index contributed by atoms with van der Waals surface area (Å²) in [5.74, 6) is 4.05. The van der Waals surface area contributed by atoms with Crippen molar-refractivity contribution in [1.82, 2.24) is 19.8 Å². The first-order valence-electron chi connectivity index (χ1n) is 7.78. The number of carbonyl (C=O) groups is 1. The number of nitrogens with one attached hydrogen (secondary N) is 1. The molecule has 2 fully saturated rings. The molecule has 5 nitrogen and oxygen atoms in total. The van der Waals surface area contributed by atoms with Gasteiger partial charge in [0.25, 0.3) is 0 Å². The molecule has 0 spiro atoms. The second-order valence-corrected chi connectivity index (χ2v) is 7.10. The molecule has 21 heavy (non-hydrogen) atoms. The minimum Gasteiger partial charge on any atom is -0.336 e. The SMILES string of the molecule is CCN1C(=O)C[C@@H](CNC2CCSC2)[C@@H]1c1nccn1C. The average Bonchev–Trinajstić information content (AvgIpc) is 3.16. The zero-order valence-electron chi connectivity index (χ0n) is 12.8. The Kier molecular flexibility index (Phi) is 4.54. The number of aryl methyl sites for hydroxylation is 1. The van der Waals surface area contributed by atoms with Gasteiger partial charge in [-0.15, -0.1) is 0 Å². The summed E-state index contributed by atoms with van der Waals surface area (Å²) in [5.41, 5.74) is 0. The Morgan fingerprint density at radius 2 is 2.38 bits per heavy atom. The molecule has 1 N–H and O–H groups in total. The van der Waals surface area contributed by atoms with Gasteiger partial charge in [0.05, 0.1) is 6.04 Å². The van der Waals surface area contributed by atoms with E-state index in [0.29, 0.717) is 18.4 Å². The minimum absolute atomic E-state index is 0.115. The lowest BCUT2D eigenvalue weighted by molar-refractivity contribution is -0.128.